The second-order valence-corrected chi connectivity index (χ2v) is 6.89. The molecule has 1 aromatic carbocycles. The summed E-state index contributed by atoms with van der Waals surface area (Å²) < 4.78 is 35.4. The lowest BCUT2D eigenvalue weighted by Gasteiger charge is -2.09. The van der Waals surface area contributed by atoms with Gasteiger partial charge in [0.05, 0.1) is 10.6 Å². The molecule has 0 aliphatic carbocycles. The zero-order chi connectivity index (χ0) is 18.2. The maximum atomic E-state index is 11.9. The van der Waals surface area contributed by atoms with Crippen LogP contribution in [0.1, 0.15) is 16.8 Å². The van der Waals surface area contributed by atoms with E-state index >= 15 is 0 Å². The molecule has 1 aromatic rings. The highest BCUT2D eigenvalue weighted by Gasteiger charge is 2.19. The van der Waals surface area contributed by atoms with Gasteiger partial charge in [0, 0.05) is 20.3 Å². The van der Waals surface area contributed by atoms with Crippen LogP contribution in [0.25, 0.3) is 0 Å². The van der Waals surface area contributed by atoms with Crippen LogP contribution in [-0.2, 0) is 24.3 Å². The average molecular weight is 379 g/mol. The van der Waals surface area contributed by atoms with Crippen LogP contribution in [0.2, 0.25) is 5.02 Å². The normalized spacial score (nSPS) is 11.1. The van der Waals surface area contributed by atoms with Crippen molar-refractivity contribution >= 4 is 33.5 Å². The Morgan fingerprint density at radius 2 is 2.00 bits per heavy atom. The van der Waals surface area contributed by atoms with Crippen LogP contribution < -0.4 is 10.0 Å². The Kier molecular flexibility index (Phi) is 8.13. The molecule has 0 fully saturated rings. The van der Waals surface area contributed by atoms with Crippen molar-refractivity contribution in [2.24, 2.45) is 0 Å². The van der Waals surface area contributed by atoms with E-state index in [1.54, 1.807) is 7.11 Å². The van der Waals surface area contributed by atoms with Gasteiger partial charge in [0.25, 0.3) is 5.91 Å². The van der Waals surface area contributed by atoms with E-state index in [4.69, 9.17) is 21.1 Å². The minimum Gasteiger partial charge on any atom is -0.452 e. The monoisotopic (exact) mass is 378 g/mol. The van der Waals surface area contributed by atoms with Gasteiger partial charge in [0.1, 0.15) is 4.90 Å². The van der Waals surface area contributed by atoms with Gasteiger partial charge in [-0.25, -0.2) is 17.9 Å². The summed E-state index contributed by atoms with van der Waals surface area (Å²) in [6.45, 7) is 0.436. The standard InChI is InChI=1S/C14H19ClN2O6S/c1-16-24(20,21)12-8-10(4-5-11(12)15)14(19)23-9-13(18)17-6-3-7-22-2/h4-5,8,16H,3,6-7,9H2,1-2H3,(H,17,18). The summed E-state index contributed by atoms with van der Waals surface area (Å²) in [4.78, 5) is 23.2. The molecule has 134 valence electrons. The van der Waals surface area contributed by atoms with Crippen molar-refractivity contribution in [3.05, 3.63) is 28.8 Å². The van der Waals surface area contributed by atoms with Crippen molar-refractivity contribution < 1.29 is 27.5 Å². The van der Waals surface area contributed by atoms with Crippen LogP contribution in [-0.4, -0.2) is 54.2 Å². The molecule has 10 heteroatoms. The highest BCUT2D eigenvalue weighted by Crippen LogP contribution is 2.22. The topological polar surface area (TPSA) is 111 Å². The lowest BCUT2D eigenvalue weighted by atomic mass is 10.2. The van der Waals surface area contributed by atoms with Crippen molar-refractivity contribution in [2.75, 3.05) is 33.9 Å². The Hall–Kier alpha value is -1.68. The fourth-order valence-electron chi connectivity index (χ4n) is 1.66. The third-order valence-corrected chi connectivity index (χ3v) is 4.80. The zero-order valence-electron chi connectivity index (χ0n) is 13.3. The van der Waals surface area contributed by atoms with Crippen LogP contribution in [0.15, 0.2) is 23.1 Å². The number of benzene rings is 1. The number of ether oxygens (including phenoxy) is 2. The van der Waals surface area contributed by atoms with Crippen molar-refractivity contribution in [2.45, 2.75) is 11.3 Å². The van der Waals surface area contributed by atoms with Crippen molar-refractivity contribution in [3.63, 3.8) is 0 Å². The number of rotatable bonds is 9. The predicted octanol–water partition coefficient (Wildman–Crippen LogP) is 0.558. The van der Waals surface area contributed by atoms with Gasteiger partial charge in [0.15, 0.2) is 6.61 Å². The summed E-state index contributed by atoms with van der Waals surface area (Å²) in [6, 6.07) is 3.68. The molecule has 1 amide bonds. The van der Waals surface area contributed by atoms with E-state index in [-0.39, 0.29) is 15.5 Å². The summed E-state index contributed by atoms with van der Waals surface area (Å²) in [5, 5.41) is 2.52. The molecular formula is C14H19ClN2O6S. The van der Waals surface area contributed by atoms with Crippen molar-refractivity contribution in [1.29, 1.82) is 0 Å². The average Bonchev–Trinajstić information content (AvgIpc) is 2.56. The van der Waals surface area contributed by atoms with E-state index in [0.717, 1.165) is 6.07 Å². The van der Waals surface area contributed by atoms with Gasteiger partial charge in [-0.1, -0.05) is 11.6 Å². The summed E-state index contributed by atoms with van der Waals surface area (Å²) in [7, 11) is -1.03. The summed E-state index contributed by atoms with van der Waals surface area (Å²) in [5.41, 5.74) is -0.0274. The number of carbonyl (C=O) groups is 2. The minimum absolute atomic E-state index is 0.0274. The van der Waals surface area contributed by atoms with Gasteiger partial charge in [-0.2, -0.15) is 0 Å². The van der Waals surface area contributed by atoms with Crippen molar-refractivity contribution in [1.82, 2.24) is 10.0 Å². The van der Waals surface area contributed by atoms with Gasteiger partial charge >= 0.3 is 5.97 Å². The number of nitrogens with one attached hydrogen (secondary N) is 2. The minimum atomic E-state index is -3.81. The summed E-state index contributed by atoms with van der Waals surface area (Å²) in [6.07, 6.45) is 0.638. The second kappa shape index (κ2) is 9.58. The lowest BCUT2D eigenvalue weighted by Crippen LogP contribution is -2.30. The van der Waals surface area contributed by atoms with E-state index < -0.39 is 28.5 Å². The molecule has 0 saturated heterocycles. The Morgan fingerprint density at radius 1 is 1.29 bits per heavy atom. The summed E-state index contributed by atoms with van der Waals surface area (Å²) >= 11 is 5.83. The number of sulfonamides is 1. The maximum Gasteiger partial charge on any atom is 0.338 e. The molecule has 0 unspecified atom stereocenters. The molecule has 0 aromatic heterocycles. The van der Waals surface area contributed by atoms with Gasteiger partial charge < -0.3 is 14.8 Å². The Bertz CT molecular complexity index is 693. The molecule has 0 atom stereocenters. The van der Waals surface area contributed by atoms with E-state index in [0.29, 0.717) is 19.6 Å². The quantitative estimate of drug-likeness (QED) is 0.479. The zero-order valence-corrected chi connectivity index (χ0v) is 14.9. The summed E-state index contributed by atoms with van der Waals surface area (Å²) in [5.74, 6) is -1.29. The fourth-order valence-corrected chi connectivity index (χ4v) is 2.91. The molecule has 0 spiro atoms. The van der Waals surface area contributed by atoms with E-state index in [2.05, 4.69) is 10.0 Å². The molecule has 0 radical (unpaired) electrons. The highest BCUT2D eigenvalue weighted by atomic mass is 35.5. The molecule has 0 saturated carbocycles. The molecule has 0 aliphatic heterocycles. The molecule has 0 aliphatic rings. The number of esters is 1. The molecular weight excluding hydrogens is 360 g/mol. The smallest absolute Gasteiger partial charge is 0.338 e. The van der Waals surface area contributed by atoms with Crippen LogP contribution in [0, 0.1) is 0 Å². The number of amides is 1. The third kappa shape index (κ3) is 6.08. The SMILES string of the molecule is CNS(=O)(=O)c1cc(C(=O)OCC(=O)NCCCOC)ccc1Cl. The Morgan fingerprint density at radius 3 is 2.62 bits per heavy atom. The Balaban J connectivity index is 2.66. The second-order valence-electron chi connectivity index (χ2n) is 4.63. The van der Waals surface area contributed by atoms with Crippen LogP contribution in [0.3, 0.4) is 0 Å². The maximum absolute atomic E-state index is 11.9. The molecule has 24 heavy (non-hydrogen) atoms. The molecule has 0 bridgehead atoms. The van der Waals surface area contributed by atoms with Crippen LogP contribution in [0.4, 0.5) is 0 Å². The van der Waals surface area contributed by atoms with E-state index in [1.165, 1.54) is 19.2 Å². The van der Waals surface area contributed by atoms with Crippen LogP contribution >= 0.6 is 11.6 Å². The Labute approximate surface area is 145 Å². The number of hydrogen-bond acceptors (Lipinski definition) is 6. The largest absolute Gasteiger partial charge is 0.452 e. The first-order valence-corrected chi connectivity index (χ1v) is 8.83. The number of hydrogen-bond donors (Lipinski definition) is 2. The van der Waals surface area contributed by atoms with Crippen molar-refractivity contribution in [3.8, 4) is 0 Å². The highest BCUT2D eigenvalue weighted by molar-refractivity contribution is 7.89. The lowest BCUT2D eigenvalue weighted by molar-refractivity contribution is -0.124. The van der Waals surface area contributed by atoms with Crippen LogP contribution in [0.5, 0.6) is 0 Å². The van der Waals surface area contributed by atoms with E-state index in [9.17, 15) is 18.0 Å². The molecule has 1 rings (SSSR count). The molecule has 2 N–H and O–H groups in total. The van der Waals surface area contributed by atoms with Gasteiger partial charge in [0.2, 0.25) is 10.0 Å². The first kappa shape index (κ1) is 20.4. The number of methoxy groups -OCH3 is 1. The molecule has 8 nitrogen and oxygen atoms in total. The van der Waals surface area contributed by atoms with Gasteiger partial charge in [-0.15, -0.1) is 0 Å². The van der Waals surface area contributed by atoms with E-state index in [1.807, 2.05) is 0 Å². The fraction of sp³-hybridized carbons (Fsp3) is 0.429. The number of carbonyl (C=O) groups excluding carboxylic acids is 2. The third-order valence-electron chi connectivity index (χ3n) is 2.91. The van der Waals surface area contributed by atoms with Gasteiger partial charge in [-0.05, 0) is 31.7 Å². The van der Waals surface area contributed by atoms with Gasteiger partial charge in [-0.3, -0.25) is 4.79 Å². The predicted molar refractivity (Wildman–Crippen MR) is 87.5 cm³/mol. The number of halogens is 1. The first-order chi connectivity index (χ1) is 11.3. The molecule has 0 heterocycles. The first-order valence-electron chi connectivity index (χ1n) is 6.97.